The molecule has 96 valence electrons. The molecule has 0 amide bonds. The molecule has 3 rings (SSSR count). The number of hydrogen-bond donors (Lipinski definition) is 2. The normalized spacial score (nSPS) is 10.8. The molecule has 0 fully saturated rings. The van der Waals surface area contributed by atoms with Gasteiger partial charge in [0.15, 0.2) is 0 Å². The standard InChI is InChI=1S/C12H11N5O2/c1-2-13-12-17-16-11(19-12)9(18)8-6-15-10-7(8)4-3-5-14-10/h3-6H,2H2,1H3,(H,13,17)(H,14,15). The second-order valence-corrected chi connectivity index (χ2v) is 3.87. The first-order valence-electron chi connectivity index (χ1n) is 5.83. The van der Waals surface area contributed by atoms with Crippen LogP contribution in [0.2, 0.25) is 0 Å². The van der Waals surface area contributed by atoms with Crippen molar-refractivity contribution in [2.45, 2.75) is 6.92 Å². The molecule has 0 saturated carbocycles. The van der Waals surface area contributed by atoms with E-state index in [0.717, 1.165) is 5.39 Å². The molecule has 0 radical (unpaired) electrons. The molecule has 2 N–H and O–H groups in total. The summed E-state index contributed by atoms with van der Waals surface area (Å²) in [5.41, 5.74) is 1.12. The van der Waals surface area contributed by atoms with Crippen LogP contribution in [0.25, 0.3) is 11.0 Å². The van der Waals surface area contributed by atoms with Gasteiger partial charge in [0.25, 0.3) is 11.7 Å². The Labute approximate surface area is 108 Å². The topological polar surface area (TPSA) is 96.7 Å². The minimum absolute atomic E-state index is 0.0410. The number of ketones is 1. The second kappa shape index (κ2) is 4.52. The zero-order chi connectivity index (χ0) is 13.2. The summed E-state index contributed by atoms with van der Waals surface area (Å²) in [5.74, 6) is -0.364. The Hall–Kier alpha value is -2.70. The molecule has 0 aliphatic heterocycles. The average molecular weight is 257 g/mol. The lowest BCUT2D eigenvalue weighted by molar-refractivity contribution is 0.100. The van der Waals surface area contributed by atoms with Crippen LogP contribution in [0.15, 0.2) is 28.9 Å². The fourth-order valence-corrected chi connectivity index (χ4v) is 1.80. The molecule has 0 bridgehead atoms. The number of aromatic amines is 1. The van der Waals surface area contributed by atoms with E-state index in [9.17, 15) is 4.79 Å². The number of pyridine rings is 1. The maximum absolute atomic E-state index is 12.3. The summed E-state index contributed by atoms with van der Waals surface area (Å²) in [6.45, 7) is 2.55. The van der Waals surface area contributed by atoms with Crippen LogP contribution in [0.5, 0.6) is 0 Å². The lowest BCUT2D eigenvalue weighted by Gasteiger charge is -1.94. The Morgan fingerprint density at radius 1 is 1.47 bits per heavy atom. The minimum Gasteiger partial charge on any atom is -0.400 e. The van der Waals surface area contributed by atoms with Crippen LogP contribution in [0, 0.1) is 0 Å². The quantitative estimate of drug-likeness (QED) is 0.689. The summed E-state index contributed by atoms with van der Waals surface area (Å²) in [6, 6.07) is 3.82. The number of anilines is 1. The Morgan fingerprint density at radius 3 is 3.21 bits per heavy atom. The van der Waals surface area contributed by atoms with E-state index in [2.05, 4.69) is 25.5 Å². The van der Waals surface area contributed by atoms with Gasteiger partial charge in [0.2, 0.25) is 0 Å². The van der Waals surface area contributed by atoms with Gasteiger partial charge in [-0.25, -0.2) is 4.98 Å². The van der Waals surface area contributed by atoms with E-state index in [1.807, 2.05) is 13.0 Å². The Morgan fingerprint density at radius 2 is 2.37 bits per heavy atom. The summed E-state index contributed by atoms with van der Waals surface area (Å²) in [7, 11) is 0. The zero-order valence-electron chi connectivity index (χ0n) is 10.2. The second-order valence-electron chi connectivity index (χ2n) is 3.87. The molecule has 3 aromatic rings. The van der Waals surface area contributed by atoms with E-state index < -0.39 is 0 Å². The van der Waals surface area contributed by atoms with E-state index in [1.165, 1.54) is 0 Å². The number of carbonyl (C=O) groups is 1. The molecule has 0 saturated heterocycles. The van der Waals surface area contributed by atoms with E-state index in [-0.39, 0.29) is 17.7 Å². The highest BCUT2D eigenvalue weighted by atomic mass is 16.4. The lowest BCUT2D eigenvalue weighted by Crippen LogP contribution is -2.00. The number of hydrogen-bond acceptors (Lipinski definition) is 6. The highest BCUT2D eigenvalue weighted by molar-refractivity contribution is 6.13. The van der Waals surface area contributed by atoms with Crippen LogP contribution in [0.1, 0.15) is 23.2 Å². The van der Waals surface area contributed by atoms with Crippen LogP contribution in [0.4, 0.5) is 6.01 Å². The zero-order valence-corrected chi connectivity index (χ0v) is 10.2. The van der Waals surface area contributed by atoms with Gasteiger partial charge in [0.05, 0.1) is 5.56 Å². The Kier molecular flexibility index (Phi) is 2.71. The van der Waals surface area contributed by atoms with Crippen molar-refractivity contribution in [3.8, 4) is 0 Å². The first-order valence-corrected chi connectivity index (χ1v) is 5.83. The van der Waals surface area contributed by atoms with Gasteiger partial charge in [-0.2, -0.15) is 0 Å². The van der Waals surface area contributed by atoms with Crippen molar-refractivity contribution in [3.05, 3.63) is 36.0 Å². The van der Waals surface area contributed by atoms with Crippen LogP contribution < -0.4 is 5.32 Å². The molecule has 0 unspecified atom stereocenters. The van der Waals surface area contributed by atoms with E-state index in [1.54, 1.807) is 18.5 Å². The fourth-order valence-electron chi connectivity index (χ4n) is 1.80. The SMILES string of the molecule is CCNc1nnc(C(=O)c2c[nH]c3ncccc23)o1. The lowest BCUT2D eigenvalue weighted by atomic mass is 10.1. The molecule has 0 atom stereocenters. The van der Waals surface area contributed by atoms with Crippen molar-refractivity contribution >= 4 is 22.8 Å². The number of aromatic nitrogens is 4. The monoisotopic (exact) mass is 257 g/mol. The third-order valence-corrected chi connectivity index (χ3v) is 2.64. The summed E-state index contributed by atoms with van der Waals surface area (Å²) in [5, 5.41) is 11.1. The molecule has 0 aliphatic carbocycles. The van der Waals surface area contributed by atoms with Gasteiger partial charge in [-0.15, -0.1) is 5.10 Å². The molecule has 0 aromatic carbocycles. The van der Waals surface area contributed by atoms with Crippen molar-refractivity contribution < 1.29 is 9.21 Å². The van der Waals surface area contributed by atoms with Crippen molar-refractivity contribution in [2.24, 2.45) is 0 Å². The number of carbonyl (C=O) groups excluding carboxylic acids is 1. The maximum atomic E-state index is 12.3. The Bertz CT molecular complexity index is 730. The molecule has 19 heavy (non-hydrogen) atoms. The number of rotatable bonds is 4. The van der Waals surface area contributed by atoms with Gasteiger partial charge in [-0.05, 0) is 19.1 Å². The van der Waals surface area contributed by atoms with Crippen LogP contribution in [-0.2, 0) is 0 Å². The van der Waals surface area contributed by atoms with Crippen LogP contribution in [0.3, 0.4) is 0 Å². The van der Waals surface area contributed by atoms with Gasteiger partial charge < -0.3 is 14.7 Å². The summed E-state index contributed by atoms with van der Waals surface area (Å²) in [6.07, 6.45) is 3.25. The van der Waals surface area contributed by atoms with Crippen LogP contribution >= 0.6 is 0 Å². The van der Waals surface area contributed by atoms with Gasteiger partial charge in [-0.3, -0.25) is 4.79 Å². The molecule has 7 heteroatoms. The fraction of sp³-hybridized carbons (Fsp3) is 0.167. The predicted molar refractivity (Wildman–Crippen MR) is 68.0 cm³/mol. The van der Waals surface area contributed by atoms with Crippen LogP contribution in [-0.4, -0.2) is 32.5 Å². The van der Waals surface area contributed by atoms with Gasteiger partial charge in [0, 0.05) is 24.3 Å². The molecule has 0 aliphatic rings. The largest absolute Gasteiger partial charge is 0.400 e. The molecule has 3 heterocycles. The molecule has 7 nitrogen and oxygen atoms in total. The summed E-state index contributed by atoms with van der Waals surface area (Å²) in [4.78, 5) is 19.3. The smallest absolute Gasteiger partial charge is 0.315 e. The molecular formula is C12H11N5O2. The first-order chi connectivity index (χ1) is 9.29. The third-order valence-electron chi connectivity index (χ3n) is 2.64. The number of nitrogens with zero attached hydrogens (tertiary/aromatic N) is 3. The van der Waals surface area contributed by atoms with Gasteiger partial charge in [0.1, 0.15) is 5.65 Å². The van der Waals surface area contributed by atoms with Crippen molar-refractivity contribution in [3.63, 3.8) is 0 Å². The highest BCUT2D eigenvalue weighted by Crippen LogP contribution is 2.19. The third kappa shape index (κ3) is 1.95. The van der Waals surface area contributed by atoms with E-state index in [4.69, 9.17) is 4.42 Å². The molecule has 0 spiro atoms. The van der Waals surface area contributed by atoms with Crippen molar-refractivity contribution in [1.29, 1.82) is 0 Å². The van der Waals surface area contributed by atoms with Gasteiger partial charge in [-0.1, -0.05) is 5.10 Å². The van der Waals surface area contributed by atoms with Crippen molar-refractivity contribution in [1.82, 2.24) is 20.2 Å². The molecular weight excluding hydrogens is 246 g/mol. The van der Waals surface area contributed by atoms with E-state index in [0.29, 0.717) is 17.8 Å². The number of nitrogens with one attached hydrogen (secondary N) is 2. The highest BCUT2D eigenvalue weighted by Gasteiger charge is 2.20. The Balaban J connectivity index is 1.98. The summed E-state index contributed by atoms with van der Waals surface area (Å²) >= 11 is 0. The molecule has 3 aromatic heterocycles. The number of H-pyrrole nitrogens is 1. The minimum atomic E-state index is -0.323. The van der Waals surface area contributed by atoms with Gasteiger partial charge >= 0.3 is 6.01 Å². The van der Waals surface area contributed by atoms with Crippen molar-refractivity contribution in [2.75, 3.05) is 11.9 Å². The first kappa shape index (κ1) is 11.4. The average Bonchev–Trinajstić information content (AvgIpc) is 3.05. The maximum Gasteiger partial charge on any atom is 0.315 e. The number of fused-ring (bicyclic) bond motifs is 1. The summed E-state index contributed by atoms with van der Waals surface area (Å²) < 4.78 is 5.24. The van der Waals surface area contributed by atoms with E-state index >= 15 is 0 Å². The predicted octanol–water partition coefficient (Wildman–Crippen LogP) is 1.61.